The van der Waals surface area contributed by atoms with Crippen molar-refractivity contribution in [2.24, 2.45) is 5.92 Å². The summed E-state index contributed by atoms with van der Waals surface area (Å²) >= 11 is 0. The Balaban J connectivity index is 2.37. The lowest BCUT2D eigenvalue weighted by molar-refractivity contribution is 0.532. The Labute approximate surface area is 126 Å². The Bertz CT molecular complexity index is 586. The molecule has 1 N–H and O–H groups in total. The Kier molecular flexibility index (Phi) is 4.94. The molecule has 0 amide bonds. The van der Waals surface area contributed by atoms with Crippen molar-refractivity contribution in [3.63, 3.8) is 0 Å². The first-order valence-corrected chi connectivity index (χ1v) is 7.66. The van der Waals surface area contributed by atoms with Crippen LogP contribution < -0.4 is 5.32 Å². The van der Waals surface area contributed by atoms with Crippen molar-refractivity contribution < 1.29 is 0 Å². The molecule has 0 saturated carbocycles. The molecule has 114 valence electrons. The maximum atomic E-state index is 4.69. The van der Waals surface area contributed by atoms with Crippen molar-refractivity contribution in [2.75, 3.05) is 11.9 Å². The fraction of sp³-hybridized carbons (Fsp3) is 0.562. The monoisotopic (exact) mass is 287 g/mol. The summed E-state index contributed by atoms with van der Waals surface area (Å²) in [4.78, 5) is 9.29. The van der Waals surface area contributed by atoms with E-state index in [1.807, 2.05) is 23.1 Å². The molecule has 21 heavy (non-hydrogen) atoms. The van der Waals surface area contributed by atoms with Gasteiger partial charge in [-0.1, -0.05) is 13.8 Å². The Morgan fingerprint density at radius 1 is 1.19 bits per heavy atom. The quantitative estimate of drug-likeness (QED) is 0.882. The minimum atomic E-state index is 0.339. The SMILES string of the molecule is CCNc1cc(CC(C)C)nc(-c2cnn(C(C)C)c2)n1. The molecule has 0 fully saturated rings. The molecule has 0 saturated heterocycles. The van der Waals surface area contributed by atoms with Gasteiger partial charge in [0.2, 0.25) is 0 Å². The highest BCUT2D eigenvalue weighted by Crippen LogP contribution is 2.20. The fourth-order valence-corrected chi connectivity index (χ4v) is 2.16. The molecule has 5 heteroatoms. The Morgan fingerprint density at radius 2 is 1.95 bits per heavy atom. The lowest BCUT2D eigenvalue weighted by atomic mass is 10.1. The van der Waals surface area contributed by atoms with Gasteiger partial charge in [-0.05, 0) is 33.1 Å². The standard InChI is InChI=1S/C16H25N5/c1-6-17-15-8-14(7-11(2)3)19-16(20-15)13-9-18-21(10-13)12(4)5/h8-12H,6-7H2,1-5H3,(H,17,19,20). The maximum Gasteiger partial charge on any atom is 0.164 e. The molecule has 0 atom stereocenters. The van der Waals surface area contributed by atoms with Gasteiger partial charge in [-0.3, -0.25) is 4.68 Å². The van der Waals surface area contributed by atoms with Gasteiger partial charge in [0.1, 0.15) is 5.82 Å². The van der Waals surface area contributed by atoms with E-state index in [0.717, 1.165) is 35.9 Å². The number of nitrogens with zero attached hydrogens (tertiary/aromatic N) is 4. The summed E-state index contributed by atoms with van der Waals surface area (Å²) in [6.45, 7) is 11.5. The van der Waals surface area contributed by atoms with Crippen molar-refractivity contribution >= 4 is 5.82 Å². The highest BCUT2D eigenvalue weighted by molar-refractivity contribution is 5.55. The number of hydrogen-bond donors (Lipinski definition) is 1. The summed E-state index contributed by atoms with van der Waals surface area (Å²) in [6, 6.07) is 2.38. The van der Waals surface area contributed by atoms with Crippen molar-refractivity contribution in [1.82, 2.24) is 19.7 Å². The molecular formula is C16H25N5. The van der Waals surface area contributed by atoms with Crippen LogP contribution in [-0.2, 0) is 6.42 Å². The molecule has 0 spiro atoms. The zero-order valence-corrected chi connectivity index (χ0v) is 13.6. The maximum absolute atomic E-state index is 4.69. The van der Waals surface area contributed by atoms with E-state index in [-0.39, 0.29) is 0 Å². The molecule has 0 bridgehead atoms. The van der Waals surface area contributed by atoms with Crippen LogP contribution in [0.5, 0.6) is 0 Å². The summed E-state index contributed by atoms with van der Waals surface area (Å²) < 4.78 is 1.93. The molecule has 2 rings (SSSR count). The number of hydrogen-bond acceptors (Lipinski definition) is 4. The molecule has 5 nitrogen and oxygen atoms in total. The zero-order valence-electron chi connectivity index (χ0n) is 13.6. The van der Waals surface area contributed by atoms with Crippen LogP contribution in [0.2, 0.25) is 0 Å². The molecular weight excluding hydrogens is 262 g/mol. The van der Waals surface area contributed by atoms with Gasteiger partial charge in [-0.25, -0.2) is 9.97 Å². The van der Waals surface area contributed by atoms with E-state index in [4.69, 9.17) is 4.98 Å². The predicted molar refractivity (Wildman–Crippen MR) is 86.3 cm³/mol. The number of nitrogens with one attached hydrogen (secondary N) is 1. The fourth-order valence-electron chi connectivity index (χ4n) is 2.16. The lowest BCUT2D eigenvalue weighted by Crippen LogP contribution is -2.06. The summed E-state index contributed by atoms with van der Waals surface area (Å²) in [5.41, 5.74) is 2.04. The van der Waals surface area contributed by atoms with E-state index in [9.17, 15) is 0 Å². The van der Waals surface area contributed by atoms with Crippen LogP contribution >= 0.6 is 0 Å². The van der Waals surface area contributed by atoms with E-state index in [2.05, 4.69) is 50.0 Å². The average Bonchev–Trinajstić information content (AvgIpc) is 2.87. The van der Waals surface area contributed by atoms with Crippen LogP contribution in [0.4, 0.5) is 5.82 Å². The minimum Gasteiger partial charge on any atom is -0.370 e. The average molecular weight is 287 g/mol. The van der Waals surface area contributed by atoms with Gasteiger partial charge in [0.15, 0.2) is 5.82 Å². The second-order valence-corrected chi connectivity index (χ2v) is 6.00. The van der Waals surface area contributed by atoms with Crippen LogP contribution in [-0.4, -0.2) is 26.3 Å². The van der Waals surface area contributed by atoms with Crippen LogP contribution in [0.25, 0.3) is 11.4 Å². The predicted octanol–water partition coefficient (Wildman–Crippen LogP) is 3.55. The molecule has 0 aliphatic heterocycles. The van der Waals surface area contributed by atoms with Crippen LogP contribution in [0.15, 0.2) is 18.5 Å². The largest absolute Gasteiger partial charge is 0.370 e. The second kappa shape index (κ2) is 6.70. The third-order valence-electron chi connectivity index (χ3n) is 3.14. The molecule has 2 heterocycles. The van der Waals surface area contributed by atoms with Crippen molar-refractivity contribution in [3.05, 3.63) is 24.2 Å². The molecule has 2 aromatic rings. The first-order valence-electron chi connectivity index (χ1n) is 7.66. The molecule has 0 radical (unpaired) electrons. The van der Waals surface area contributed by atoms with Crippen LogP contribution in [0.3, 0.4) is 0 Å². The molecule has 0 aliphatic carbocycles. The third-order valence-corrected chi connectivity index (χ3v) is 3.14. The number of rotatable bonds is 6. The molecule has 0 aliphatic rings. The number of aromatic nitrogens is 4. The first-order chi connectivity index (χ1) is 9.99. The second-order valence-electron chi connectivity index (χ2n) is 6.00. The van der Waals surface area contributed by atoms with E-state index in [0.29, 0.717) is 12.0 Å². The molecule has 2 aromatic heterocycles. The smallest absolute Gasteiger partial charge is 0.164 e. The van der Waals surface area contributed by atoms with Gasteiger partial charge in [-0.15, -0.1) is 0 Å². The van der Waals surface area contributed by atoms with Gasteiger partial charge in [0, 0.05) is 30.5 Å². The van der Waals surface area contributed by atoms with Gasteiger partial charge in [-0.2, -0.15) is 5.10 Å². The van der Waals surface area contributed by atoms with Gasteiger partial charge >= 0.3 is 0 Å². The van der Waals surface area contributed by atoms with E-state index in [1.165, 1.54) is 0 Å². The highest BCUT2D eigenvalue weighted by Gasteiger charge is 2.11. The summed E-state index contributed by atoms with van der Waals surface area (Å²) in [5.74, 6) is 2.20. The molecule has 0 aromatic carbocycles. The summed E-state index contributed by atoms with van der Waals surface area (Å²) in [6.07, 6.45) is 4.80. The lowest BCUT2D eigenvalue weighted by Gasteiger charge is -2.09. The highest BCUT2D eigenvalue weighted by atomic mass is 15.3. The summed E-state index contributed by atoms with van der Waals surface area (Å²) in [7, 11) is 0. The van der Waals surface area contributed by atoms with E-state index in [1.54, 1.807) is 0 Å². The molecule has 0 unspecified atom stereocenters. The minimum absolute atomic E-state index is 0.339. The van der Waals surface area contributed by atoms with E-state index >= 15 is 0 Å². The first kappa shape index (κ1) is 15.5. The third kappa shape index (κ3) is 4.03. The number of anilines is 1. The van der Waals surface area contributed by atoms with Gasteiger partial charge in [0.05, 0.1) is 11.8 Å². The Hall–Kier alpha value is -1.91. The van der Waals surface area contributed by atoms with E-state index < -0.39 is 0 Å². The van der Waals surface area contributed by atoms with Crippen molar-refractivity contribution in [2.45, 2.75) is 47.1 Å². The van der Waals surface area contributed by atoms with Crippen molar-refractivity contribution in [3.8, 4) is 11.4 Å². The van der Waals surface area contributed by atoms with Crippen LogP contribution in [0, 0.1) is 5.92 Å². The van der Waals surface area contributed by atoms with Crippen LogP contribution in [0.1, 0.15) is 46.4 Å². The Morgan fingerprint density at radius 3 is 2.52 bits per heavy atom. The van der Waals surface area contributed by atoms with Crippen molar-refractivity contribution in [1.29, 1.82) is 0 Å². The normalized spacial score (nSPS) is 11.4. The topological polar surface area (TPSA) is 55.6 Å². The summed E-state index contributed by atoms with van der Waals surface area (Å²) in [5, 5.41) is 7.66. The van der Waals surface area contributed by atoms with Gasteiger partial charge < -0.3 is 5.32 Å². The van der Waals surface area contributed by atoms with Gasteiger partial charge in [0.25, 0.3) is 0 Å². The zero-order chi connectivity index (χ0) is 15.4.